The van der Waals surface area contributed by atoms with E-state index in [-0.39, 0.29) is 0 Å². The Morgan fingerprint density at radius 3 is 2.55 bits per heavy atom. The molecule has 3 aromatic rings. The third-order valence-corrected chi connectivity index (χ3v) is 6.50. The molecule has 2 fully saturated rings. The van der Waals surface area contributed by atoms with Crippen molar-refractivity contribution >= 4 is 16.9 Å². The third-order valence-electron chi connectivity index (χ3n) is 6.50. The van der Waals surface area contributed by atoms with Gasteiger partial charge in [-0.25, -0.2) is 9.97 Å². The number of piperidine rings is 1. The van der Waals surface area contributed by atoms with Gasteiger partial charge in [0.25, 0.3) is 0 Å². The summed E-state index contributed by atoms with van der Waals surface area (Å²) >= 11 is 0. The molecular formula is C23H32N6O2. The van der Waals surface area contributed by atoms with E-state index < -0.39 is 0 Å². The number of rotatable bonds is 5. The quantitative estimate of drug-likeness (QED) is 0.620. The molecule has 0 spiro atoms. The summed E-state index contributed by atoms with van der Waals surface area (Å²) in [5.74, 6) is 2.37. The lowest BCUT2D eigenvalue weighted by Crippen LogP contribution is -2.37. The zero-order valence-corrected chi connectivity index (χ0v) is 18.8. The van der Waals surface area contributed by atoms with Gasteiger partial charge >= 0.3 is 0 Å². The molecule has 31 heavy (non-hydrogen) atoms. The molecular weight excluding hydrogens is 392 g/mol. The number of morpholine rings is 1. The minimum atomic E-state index is 0.366. The second-order valence-electron chi connectivity index (χ2n) is 9.06. The Labute approximate surface area is 183 Å². The van der Waals surface area contributed by atoms with Crippen molar-refractivity contribution in [2.45, 2.75) is 52.1 Å². The van der Waals surface area contributed by atoms with Gasteiger partial charge in [0.15, 0.2) is 5.82 Å². The smallest absolute Gasteiger partial charge is 0.157 e. The van der Waals surface area contributed by atoms with Crippen LogP contribution >= 0.6 is 0 Å². The zero-order chi connectivity index (χ0) is 21.4. The van der Waals surface area contributed by atoms with Crippen LogP contribution in [0.4, 0.5) is 5.82 Å². The van der Waals surface area contributed by atoms with Gasteiger partial charge in [-0.3, -0.25) is 4.90 Å². The van der Waals surface area contributed by atoms with E-state index in [0.29, 0.717) is 12.0 Å². The fraction of sp³-hybridized carbons (Fsp3) is 0.609. The molecule has 5 rings (SSSR count). The highest BCUT2D eigenvalue weighted by Crippen LogP contribution is 2.34. The molecule has 2 aliphatic heterocycles. The van der Waals surface area contributed by atoms with Crippen LogP contribution in [0.15, 0.2) is 23.0 Å². The van der Waals surface area contributed by atoms with E-state index in [9.17, 15) is 0 Å². The molecule has 0 saturated carbocycles. The molecule has 2 saturated heterocycles. The maximum absolute atomic E-state index is 5.57. The first-order valence-electron chi connectivity index (χ1n) is 11.4. The van der Waals surface area contributed by atoms with Gasteiger partial charge in [-0.2, -0.15) is 0 Å². The molecule has 0 N–H and O–H groups in total. The maximum Gasteiger partial charge on any atom is 0.157 e. The summed E-state index contributed by atoms with van der Waals surface area (Å²) in [7, 11) is 0. The lowest BCUT2D eigenvalue weighted by atomic mass is 9.92. The molecule has 0 atom stereocenters. The number of fused-ring (bicyclic) bond motifs is 1. The van der Waals surface area contributed by atoms with E-state index in [0.717, 1.165) is 81.6 Å². The minimum absolute atomic E-state index is 0.366. The standard InChI is InChI=1S/C23H32N6O2/c1-16(2)29-15-24-22-21(29)13-20(25-23(22)28-8-10-30-11-9-28)18-4-6-27(7-5-18)14-19-12-17(3)31-26-19/h12-13,15-16,18H,4-11,14H2,1-3H3. The Balaban J connectivity index is 1.39. The molecule has 166 valence electrons. The predicted molar refractivity (Wildman–Crippen MR) is 119 cm³/mol. The number of hydrogen-bond acceptors (Lipinski definition) is 7. The number of ether oxygens (including phenoxy) is 1. The van der Waals surface area contributed by atoms with Crippen LogP contribution in [0.25, 0.3) is 11.0 Å². The monoisotopic (exact) mass is 424 g/mol. The Morgan fingerprint density at radius 2 is 1.87 bits per heavy atom. The highest BCUT2D eigenvalue weighted by molar-refractivity contribution is 5.87. The largest absolute Gasteiger partial charge is 0.378 e. The van der Waals surface area contributed by atoms with E-state index >= 15 is 0 Å². The van der Waals surface area contributed by atoms with Gasteiger partial charge < -0.3 is 18.7 Å². The molecule has 0 bridgehead atoms. The van der Waals surface area contributed by atoms with Crippen molar-refractivity contribution in [1.82, 2.24) is 24.6 Å². The number of pyridine rings is 1. The van der Waals surface area contributed by atoms with Crippen molar-refractivity contribution in [1.29, 1.82) is 0 Å². The van der Waals surface area contributed by atoms with Crippen LogP contribution in [0.3, 0.4) is 0 Å². The number of likely N-dealkylation sites (tertiary alicyclic amines) is 1. The molecule has 0 radical (unpaired) electrons. The van der Waals surface area contributed by atoms with Gasteiger partial charge in [0, 0.05) is 43.4 Å². The zero-order valence-electron chi connectivity index (χ0n) is 18.8. The third kappa shape index (κ3) is 4.19. The van der Waals surface area contributed by atoms with Crippen LogP contribution in [-0.4, -0.2) is 64.0 Å². The van der Waals surface area contributed by atoms with Crippen molar-refractivity contribution in [3.63, 3.8) is 0 Å². The number of aryl methyl sites for hydroxylation is 1. The summed E-state index contributed by atoms with van der Waals surface area (Å²) in [6.45, 7) is 12.6. The lowest BCUT2D eigenvalue weighted by Gasteiger charge is -2.32. The second kappa shape index (κ2) is 8.59. The van der Waals surface area contributed by atoms with Crippen molar-refractivity contribution in [3.05, 3.63) is 35.6 Å². The summed E-state index contributed by atoms with van der Waals surface area (Å²) in [5, 5.41) is 4.15. The first-order chi connectivity index (χ1) is 15.1. The molecule has 0 unspecified atom stereocenters. The summed E-state index contributed by atoms with van der Waals surface area (Å²) in [4.78, 5) is 14.7. The predicted octanol–water partition coefficient (Wildman–Crippen LogP) is 3.52. The number of imidazole rings is 1. The average molecular weight is 425 g/mol. The number of anilines is 1. The minimum Gasteiger partial charge on any atom is -0.378 e. The Morgan fingerprint density at radius 1 is 1.10 bits per heavy atom. The molecule has 0 amide bonds. The van der Waals surface area contributed by atoms with E-state index in [2.05, 4.69) is 39.4 Å². The van der Waals surface area contributed by atoms with Gasteiger partial charge in [-0.15, -0.1) is 0 Å². The van der Waals surface area contributed by atoms with Gasteiger partial charge in [-0.05, 0) is 52.8 Å². The summed E-state index contributed by atoms with van der Waals surface area (Å²) < 4.78 is 13.1. The molecule has 3 aromatic heterocycles. The summed E-state index contributed by atoms with van der Waals surface area (Å²) in [6.07, 6.45) is 4.18. The van der Waals surface area contributed by atoms with Crippen molar-refractivity contribution in [3.8, 4) is 0 Å². The van der Waals surface area contributed by atoms with Crippen LogP contribution < -0.4 is 4.90 Å². The van der Waals surface area contributed by atoms with E-state index in [4.69, 9.17) is 19.2 Å². The Bertz CT molecular complexity index is 1030. The van der Waals surface area contributed by atoms with Crippen LogP contribution in [0, 0.1) is 6.92 Å². The number of hydrogen-bond donors (Lipinski definition) is 0. The van der Waals surface area contributed by atoms with Gasteiger partial charge in [0.05, 0.1) is 30.8 Å². The van der Waals surface area contributed by atoms with E-state index in [1.807, 2.05) is 19.3 Å². The van der Waals surface area contributed by atoms with E-state index in [1.165, 1.54) is 11.2 Å². The topological polar surface area (TPSA) is 72.5 Å². The normalized spacial score (nSPS) is 19.0. The van der Waals surface area contributed by atoms with E-state index in [1.54, 1.807) is 0 Å². The first-order valence-corrected chi connectivity index (χ1v) is 11.4. The molecule has 5 heterocycles. The highest BCUT2D eigenvalue weighted by Gasteiger charge is 2.26. The summed E-state index contributed by atoms with van der Waals surface area (Å²) in [6, 6.07) is 4.68. The average Bonchev–Trinajstić information content (AvgIpc) is 3.40. The number of aromatic nitrogens is 4. The molecule has 8 heteroatoms. The molecule has 2 aliphatic rings. The molecule has 0 aliphatic carbocycles. The Kier molecular flexibility index (Phi) is 5.67. The maximum atomic E-state index is 5.57. The lowest BCUT2D eigenvalue weighted by molar-refractivity contribution is 0.122. The second-order valence-corrected chi connectivity index (χ2v) is 9.06. The van der Waals surface area contributed by atoms with Crippen LogP contribution in [0.5, 0.6) is 0 Å². The molecule has 8 nitrogen and oxygen atoms in total. The first kappa shape index (κ1) is 20.5. The van der Waals surface area contributed by atoms with Gasteiger partial charge in [-0.1, -0.05) is 5.16 Å². The van der Waals surface area contributed by atoms with Crippen molar-refractivity contribution in [2.24, 2.45) is 0 Å². The fourth-order valence-corrected chi connectivity index (χ4v) is 4.76. The number of nitrogens with zero attached hydrogens (tertiary/aromatic N) is 6. The SMILES string of the molecule is Cc1cc(CN2CCC(c3cc4c(ncn4C(C)C)c(N4CCOCC4)n3)CC2)no1. The van der Waals surface area contributed by atoms with Crippen LogP contribution in [0.2, 0.25) is 0 Å². The fourth-order valence-electron chi connectivity index (χ4n) is 4.76. The Hall–Kier alpha value is -2.45. The van der Waals surface area contributed by atoms with Gasteiger partial charge in [0.1, 0.15) is 11.3 Å². The van der Waals surface area contributed by atoms with Crippen molar-refractivity contribution in [2.75, 3.05) is 44.3 Å². The van der Waals surface area contributed by atoms with Crippen molar-refractivity contribution < 1.29 is 9.26 Å². The van der Waals surface area contributed by atoms with Crippen LogP contribution in [-0.2, 0) is 11.3 Å². The van der Waals surface area contributed by atoms with Crippen LogP contribution in [0.1, 0.15) is 55.8 Å². The molecule has 0 aromatic carbocycles. The summed E-state index contributed by atoms with van der Waals surface area (Å²) in [5.41, 5.74) is 4.43. The van der Waals surface area contributed by atoms with Gasteiger partial charge in [0.2, 0.25) is 0 Å². The highest BCUT2D eigenvalue weighted by atomic mass is 16.5.